The van der Waals surface area contributed by atoms with E-state index in [1.54, 1.807) is 0 Å². The van der Waals surface area contributed by atoms with Gasteiger partial charge in [-0.3, -0.25) is 15.1 Å². The molecule has 0 aromatic carbocycles. The van der Waals surface area contributed by atoms with Gasteiger partial charge in [-0.2, -0.15) is 0 Å². The van der Waals surface area contributed by atoms with Gasteiger partial charge in [0.15, 0.2) is 0 Å². The van der Waals surface area contributed by atoms with E-state index in [2.05, 4.69) is 25.4 Å². The lowest BCUT2D eigenvalue weighted by Gasteiger charge is -2.60. The molecule has 0 saturated heterocycles. The Morgan fingerprint density at radius 2 is 2.07 bits per heavy atom. The van der Waals surface area contributed by atoms with Crippen molar-refractivity contribution < 1.29 is 14.7 Å². The monoisotopic (exact) mass is 390 g/mol. The Balaban J connectivity index is 1.55. The Bertz CT molecular complexity index is 635. The minimum absolute atomic E-state index is 0.0988. The van der Waals surface area contributed by atoms with Crippen LogP contribution in [-0.2, 0) is 9.63 Å². The molecule has 1 unspecified atom stereocenters. The second-order valence-electron chi connectivity index (χ2n) is 10.3. The molecule has 0 aromatic heterocycles. The summed E-state index contributed by atoms with van der Waals surface area (Å²) in [6.45, 7) is 6.18. The van der Waals surface area contributed by atoms with Crippen LogP contribution in [0.2, 0.25) is 0 Å². The Morgan fingerprint density at radius 1 is 1.25 bits per heavy atom. The molecule has 3 saturated carbocycles. The van der Waals surface area contributed by atoms with Crippen LogP contribution in [0.5, 0.6) is 0 Å². The van der Waals surface area contributed by atoms with Crippen molar-refractivity contribution in [2.45, 2.75) is 65.2 Å². The van der Waals surface area contributed by atoms with Crippen molar-refractivity contribution in [1.29, 1.82) is 0 Å². The van der Waals surface area contributed by atoms with Gasteiger partial charge in [-0.1, -0.05) is 19.9 Å². The van der Waals surface area contributed by atoms with Crippen molar-refractivity contribution in [3.8, 4) is 0 Å². The van der Waals surface area contributed by atoms with Crippen LogP contribution in [0.25, 0.3) is 0 Å². The molecule has 0 aliphatic heterocycles. The molecule has 28 heavy (non-hydrogen) atoms. The van der Waals surface area contributed by atoms with Gasteiger partial charge >= 0.3 is 0 Å². The van der Waals surface area contributed by atoms with E-state index in [0.29, 0.717) is 42.6 Å². The second kappa shape index (κ2) is 7.73. The van der Waals surface area contributed by atoms with Crippen LogP contribution < -0.4 is 11.2 Å². The molecule has 0 spiro atoms. The van der Waals surface area contributed by atoms with Gasteiger partial charge in [0, 0.05) is 24.1 Å². The molecule has 158 valence electrons. The Morgan fingerprint density at radius 3 is 2.82 bits per heavy atom. The molecule has 0 aromatic rings. The highest BCUT2D eigenvalue weighted by Crippen LogP contribution is 2.66. The second-order valence-corrected chi connectivity index (χ2v) is 10.3. The van der Waals surface area contributed by atoms with E-state index in [4.69, 9.17) is 10.6 Å². The number of hydroxylamine groups is 1. The van der Waals surface area contributed by atoms with E-state index in [0.717, 1.165) is 57.1 Å². The van der Waals surface area contributed by atoms with Gasteiger partial charge in [-0.05, 0) is 86.5 Å². The van der Waals surface area contributed by atoms with E-state index in [1.165, 1.54) is 0 Å². The summed E-state index contributed by atoms with van der Waals surface area (Å²) < 4.78 is 0. The summed E-state index contributed by atoms with van der Waals surface area (Å²) in [6.07, 6.45) is 10.4. The first-order valence-corrected chi connectivity index (χ1v) is 11.4. The fraction of sp³-hybridized carbons (Fsp3) is 0.870. The van der Waals surface area contributed by atoms with Gasteiger partial charge < -0.3 is 10.8 Å². The third-order valence-electron chi connectivity index (χ3n) is 9.04. The highest BCUT2D eigenvalue weighted by molar-refractivity contribution is 5.87. The number of ketones is 1. The number of aliphatic hydroxyl groups is 1. The molecule has 0 radical (unpaired) electrons. The molecular weight excluding hydrogens is 352 g/mol. The number of allylic oxidation sites excluding steroid dienone is 2. The molecule has 0 amide bonds. The van der Waals surface area contributed by atoms with Crippen LogP contribution in [0.1, 0.15) is 65.2 Å². The fourth-order valence-corrected chi connectivity index (χ4v) is 7.44. The van der Waals surface area contributed by atoms with Gasteiger partial charge in [-0.25, -0.2) is 0 Å². The Labute approximate surface area is 169 Å². The molecule has 7 atom stereocenters. The van der Waals surface area contributed by atoms with Crippen LogP contribution in [-0.4, -0.2) is 30.6 Å². The van der Waals surface area contributed by atoms with E-state index >= 15 is 0 Å². The molecule has 5 nitrogen and oxygen atoms in total. The van der Waals surface area contributed by atoms with Crippen molar-refractivity contribution in [1.82, 2.24) is 5.48 Å². The lowest BCUT2D eigenvalue weighted by Crippen LogP contribution is -2.55. The molecule has 3 fully saturated rings. The molecule has 5 heteroatoms. The highest BCUT2D eigenvalue weighted by Gasteiger charge is 2.61. The van der Waals surface area contributed by atoms with E-state index < -0.39 is 0 Å². The van der Waals surface area contributed by atoms with Gasteiger partial charge in [-0.15, -0.1) is 0 Å². The fourth-order valence-electron chi connectivity index (χ4n) is 7.44. The number of carbonyl (C=O) groups is 1. The maximum Gasteiger partial charge on any atom is 0.139 e. The van der Waals surface area contributed by atoms with Crippen LogP contribution >= 0.6 is 0 Å². The summed E-state index contributed by atoms with van der Waals surface area (Å²) in [5.41, 5.74) is 9.96. The number of carbonyl (C=O) groups excluding carboxylic acids is 1. The molecule has 4 rings (SSSR count). The molecular formula is C23H38N2O3. The number of nitrogens with two attached hydrogens (primary N) is 1. The average Bonchev–Trinajstić information content (AvgIpc) is 3.00. The molecule has 4 aliphatic carbocycles. The predicted molar refractivity (Wildman–Crippen MR) is 109 cm³/mol. The van der Waals surface area contributed by atoms with E-state index in [9.17, 15) is 9.90 Å². The number of hydrogen-bond donors (Lipinski definition) is 3. The van der Waals surface area contributed by atoms with Gasteiger partial charge in [0.2, 0.25) is 0 Å². The number of hydrogen-bond acceptors (Lipinski definition) is 5. The third-order valence-corrected chi connectivity index (χ3v) is 9.04. The van der Waals surface area contributed by atoms with Crippen molar-refractivity contribution in [3.63, 3.8) is 0 Å². The van der Waals surface area contributed by atoms with Crippen LogP contribution in [0.15, 0.2) is 11.8 Å². The summed E-state index contributed by atoms with van der Waals surface area (Å²) in [7, 11) is 0. The van der Waals surface area contributed by atoms with Crippen molar-refractivity contribution in [2.24, 2.45) is 46.2 Å². The number of rotatable bonds is 6. The van der Waals surface area contributed by atoms with E-state index in [-0.39, 0.29) is 23.4 Å². The number of nitrogens with one attached hydrogen (secondary N) is 1. The molecule has 0 bridgehead atoms. The van der Waals surface area contributed by atoms with Crippen molar-refractivity contribution in [3.05, 3.63) is 11.8 Å². The first-order chi connectivity index (χ1) is 13.4. The molecule has 4 aliphatic rings. The van der Waals surface area contributed by atoms with E-state index in [1.807, 2.05) is 0 Å². The van der Waals surface area contributed by atoms with Gasteiger partial charge in [0.05, 0.1) is 6.61 Å². The van der Waals surface area contributed by atoms with Crippen LogP contribution in [0.3, 0.4) is 0 Å². The topological polar surface area (TPSA) is 84.6 Å². The summed E-state index contributed by atoms with van der Waals surface area (Å²) in [4.78, 5) is 18.2. The lowest BCUT2D eigenvalue weighted by atomic mass is 9.44. The highest BCUT2D eigenvalue weighted by atomic mass is 16.6. The molecule has 0 heterocycles. The summed E-state index contributed by atoms with van der Waals surface area (Å²) in [6, 6.07) is 0. The smallest absolute Gasteiger partial charge is 0.139 e. The van der Waals surface area contributed by atoms with Crippen LogP contribution in [0.4, 0.5) is 0 Å². The van der Waals surface area contributed by atoms with Crippen LogP contribution in [0, 0.1) is 40.4 Å². The minimum atomic E-state index is -0.0988. The van der Waals surface area contributed by atoms with Crippen molar-refractivity contribution >= 4 is 5.78 Å². The zero-order valence-electron chi connectivity index (χ0n) is 17.6. The summed E-state index contributed by atoms with van der Waals surface area (Å²) >= 11 is 0. The standard InChI is InChI=1S/C23H38N2O3/c1-22-8-6-16(25-28-11-3-10-24)13-20(22)15(14-26)12-17-18-4-5-21(27)23(18,2)9-7-19(17)22/h13,15,17-20,25-26H,3-12,14,24H2,1-2H3/t15-,17+,18+,19+,20?,22-,23+/m1/s1. The molecule has 4 N–H and O–H groups in total. The largest absolute Gasteiger partial charge is 0.396 e. The number of aliphatic hydroxyl groups excluding tert-OH is 1. The third kappa shape index (κ3) is 3.14. The van der Waals surface area contributed by atoms with Gasteiger partial charge in [0.1, 0.15) is 5.78 Å². The normalized spacial score (nSPS) is 45.1. The first-order valence-electron chi connectivity index (χ1n) is 11.4. The van der Waals surface area contributed by atoms with Gasteiger partial charge in [0.25, 0.3) is 0 Å². The zero-order valence-corrected chi connectivity index (χ0v) is 17.6. The quantitative estimate of drug-likeness (QED) is 0.479. The maximum atomic E-state index is 12.6. The van der Waals surface area contributed by atoms with Crippen molar-refractivity contribution in [2.75, 3.05) is 19.8 Å². The Hall–Kier alpha value is -0.910. The minimum Gasteiger partial charge on any atom is -0.396 e. The maximum absolute atomic E-state index is 12.6. The Kier molecular flexibility index (Phi) is 5.62. The lowest BCUT2D eigenvalue weighted by molar-refractivity contribution is -0.141. The SMILES string of the molecule is C[C@]12CCC(NOCCCN)=CC1[C@@H](CO)C[C@@H]1[C@@H]2CC[C@]2(C)C(=O)CC[C@@H]12. The predicted octanol–water partition coefficient (Wildman–Crippen LogP) is 3.18. The first kappa shape index (κ1) is 20.4. The average molecular weight is 391 g/mol. The summed E-state index contributed by atoms with van der Waals surface area (Å²) in [5.74, 6) is 2.94. The number of Topliss-reactive ketones (excluding diaryl/α,β-unsaturated/α-hetero) is 1. The number of fused-ring (bicyclic) bond motifs is 5. The zero-order chi connectivity index (χ0) is 19.9. The summed E-state index contributed by atoms with van der Waals surface area (Å²) in [5, 5.41) is 10.3.